The second-order valence-electron chi connectivity index (χ2n) is 5.00. The molecule has 6 heteroatoms. The summed E-state index contributed by atoms with van der Waals surface area (Å²) in [5.74, 6) is -0.420. The van der Waals surface area contributed by atoms with Gasteiger partial charge in [-0.3, -0.25) is 0 Å². The summed E-state index contributed by atoms with van der Waals surface area (Å²) in [7, 11) is 1.35. The number of hydrogen-bond acceptors (Lipinski definition) is 4. The van der Waals surface area contributed by atoms with E-state index in [1.807, 2.05) is 10.6 Å². The van der Waals surface area contributed by atoms with Crippen LogP contribution in [-0.4, -0.2) is 24.2 Å². The van der Waals surface area contributed by atoms with Gasteiger partial charge in [-0.15, -0.1) is 0 Å². The number of carbonyl (C=O) groups excluding carboxylic acids is 1. The molecule has 0 amide bonds. The van der Waals surface area contributed by atoms with Gasteiger partial charge in [0, 0.05) is 30.9 Å². The Labute approximate surface area is 133 Å². The number of aromatic nitrogens is 1. The molecule has 0 saturated carbocycles. The van der Waals surface area contributed by atoms with Gasteiger partial charge < -0.3 is 14.6 Å². The molecular weight excluding hydrogens is 302 g/mol. The zero-order chi connectivity index (χ0) is 15.7. The smallest absolute Gasteiger partial charge is 0.340 e. The van der Waals surface area contributed by atoms with Crippen molar-refractivity contribution >= 4 is 17.6 Å². The molecule has 1 aromatic heterocycles. The molecule has 0 bridgehead atoms. The first kappa shape index (κ1) is 14.6. The maximum absolute atomic E-state index is 12.3. The Hall–Kier alpha value is -2.29. The average Bonchev–Trinajstić information content (AvgIpc) is 2.87. The van der Waals surface area contributed by atoms with Crippen molar-refractivity contribution in [3.8, 4) is 17.2 Å². The molecule has 0 radical (unpaired) electrons. The lowest BCUT2D eigenvalue weighted by atomic mass is 10.0. The van der Waals surface area contributed by atoms with Crippen LogP contribution in [0.4, 0.5) is 0 Å². The highest BCUT2D eigenvalue weighted by Crippen LogP contribution is 2.38. The molecule has 22 heavy (non-hydrogen) atoms. The number of nitriles is 1. The van der Waals surface area contributed by atoms with Crippen molar-refractivity contribution in [1.29, 1.82) is 5.26 Å². The first-order valence-electron chi connectivity index (χ1n) is 6.87. The van der Waals surface area contributed by atoms with Crippen LogP contribution in [0.5, 0.6) is 0 Å². The van der Waals surface area contributed by atoms with Crippen LogP contribution in [0.2, 0.25) is 5.15 Å². The SMILES string of the molecule is COC(=O)c1c(-c2cccc(C#N)c2)c(Cl)n2c1CNCC2. The Kier molecular flexibility index (Phi) is 3.88. The van der Waals surface area contributed by atoms with Crippen LogP contribution in [0.25, 0.3) is 11.1 Å². The minimum Gasteiger partial charge on any atom is -0.465 e. The Morgan fingerprint density at radius 3 is 3.05 bits per heavy atom. The summed E-state index contributed by atoms with van der Waals surface area (Å²) in [5, 5.41) is 12.8. The van der Waals surface area contributed by atoms with Crippen molar-refractivity contribution in [1.82, 2.24) is 9.88 Å². The summed E-state index contributed by atoms with van der Waals surface area (Å²) in [6, 6.07) is 9.17. The van der Waals surface area contributed by atoms with Crippen molar-refractivity contribution in [2.75, 3.05) is 13.7 Å². The molecule has 1 aliphatic heterocycles. The van der Waals surface area contributed by atoms with E-state index in [4.69, 9.17) is 21.6 Å². The highest BCUT2D eigenvalue weighted by atomic mass is 35.5. The molecule has 1 aliphatic rings. The second kappa shape index (κ2) is 5.84. The molecule has 0 unspecified atom stereocenters. The molecule has 1 N–H and O–H groups in total. The Morgan fingerprint density at radius 1 is 1.50 bits per heavy atom. The number of fused-ring (bicyclic) bond motifs is 1. The Morgan fingerprint density at radius 2 is 2.32 bits per heavy atom. The molecule has 1 aromatic carbocycles. The molecule has 2 aromatic rings. The lowest BCUT2D eigenvalue weighted by Gasteiger charge is -2.17. The minimum absolute atomic E-state index is 0.420. The number of carbonyl (C=O) groups is 1. The third-order valence-electron chi connectivity index (χ3n) is 3.78. The van der Waals surface area contributed by atoms with Crippen molar-refractivity contribution in [3.05, 3.63) is 46.2 Å². The van der Waals surface area contributed by atoms with Gasteiger partial charge in [0.05, 0.1) is 24.3 Å². The minimum atomic E-state index is -0.420. The summed E-state index contributed by atoms with van der Waals surface area (Å²) >= 11 is 6.52. The van der Waals surface area contributed by atoms with E-state index in [-0.39, 0.29) is 0 Å². The topological polar surface area (TPSA) is 67.0 Å². The van der Waals surface area contributed by atoms with E-state index >= 15 is 0 Å². The normalized spacial score (nSPS) is 13.3. The average molecular weight is 316 g/mol. The molecule has 5 nitrogen and oxygen atoms in total. The van der Waals surface area contributed by atoms with Gasteiger partial charge in [-0.05, 0) is 17.7 Å². The third kappa shape index (κ3) is 2.27. The quantitative estimate of drug-likeness (QED) is 0.865. The van der Waals surface area contributed by atoms with Crippen LogP contribution in [0.1, 0.15) is 21.6 Å². The standard InChI is InChI=1S/C16H14ClN3O2/c1-22-16(21)14-12-9-19-5-6-20(12)15(17)13(14)11-4-2-3-10(7-11)8-18/h2-4,7,19H,5-6,9H2,1H3. The van der Waals surface area contributed by atoms with Gasteiger partial charge in [-0.1, -0.05) is 23.7 Å². The van der Waals surface area contributed by atoms with Gasteiger partial charge in [-0.25, -0.2) is 4.79 Å². The van der Waals surface area contributed by atoms with E-state index in [2.05, 4.69) is 11.4 Å². The fourth-order valence-electron chi connectivity index (χ4n) is 2.78. The lowest BCUT2D eigenvalue weighted by molar-refractivity contribution is 0.0599. The monoisotopic (exact) mass is 315 g/mol. The van der Waals surface area contributed by atoms with Gasteiger partial charge in [-0.2, -0.15) is 5.26 Å². The number of nitrogens with one attached hydrogen (secondary N) is 1. The van der Waals surface area contributed by atoms with Crippen molar-refractivity contribution in [3.63, 3.8) is 0 Å². The van der Waals surface area contributed by atoms with Gasteiger partial charge in [0.25, 0.3) is 0 Å². The van der Waals surface area contributed by atoms with Gasteiger partial charge in [0.15, 0.2) is 0 Å². The highest BCUT2D eigenvalue weighted by Gasteiger charge is 2.29. The fraction of sp³-hybridized carbons (Fsp3) is 0.250. The maximum Gasteiger partial charge on any atom is 0.340 e. The van der Waals surface area contributed by atoms with E-state index in [1.54, 1.807) is 18.2 Å². The maximum atomic E-state index is 12.3. The van der Waals surface area contributed by atoms with E-state index in [0.717, 1.165) is 17.8 Å². The number of ether oxygens (including phenoxy) is 1. The van der Waals surface area contributed by atoms with Crippen LogP contribution in [0.15, 0.2) is 24.3 Å². The number of nitrogens with zero attached hydrogens (tertiary/aromatic N) is 2. The summed E-state index contributed by atoms with van der Waals surface area (Å²) in [6.45, 7) is 2.04. The van der Waals surface area contributed by atoms with Crippen molar-refractivity contribution < 1.29 is 9.53 Å². The predicted octanol–water partition coefficient (Wildman–Crippen LogP) is 2.57. The van der Waals surface area contributed by atoms with Crippen LogP contribution >= 0.6 is 11.6 Å². The zero-order valence-corrected chi connectivity index (χ0v) is 12.8. The molecule has 0 saturated heterocycles. The molecule has 3 rings (SSSR count). The number of rotatable bonds is 2. The van der Waals surface area contributed by atoms with Crippen molar-refractivity contribution in [2.45, 2.75) is 13.1 Å². The molecule has 0 spiro atoms. The second-order valence-corrected chi connectivity index (χ2v) is 5.36. The number of halogens is 1. The van der Waals surface area contributed by atoms with Gasteiger partial charge in [0.1, 0.15) is 5.15 Å². The molecule has 0 atom stereocenters. The van der Waals surface area contributed by atoms with Gasteiger partial charge in [0.2, 0.25) is 0 Å². The number of esters is 1. The molecule has 112 valence electrons. The predicted molar refractivity (Wildman–Crippen MR) is 82.6 cm³/mol. The highest BCUT2D eigenvalue weighted by molar-refractivity contribution is 6.33. The molecule has 0 fully saturated rings. The van der Waals surface area contributed by atoms with Crippen LogP contribution in [0.3, 0.4) is 0 Å². The van der Waals surface area contributed by atoms with E-state index in [1.165, 1.54) is 7.11 Å². The third-order valence-corrected chi connectivity index (χ3v) is 4.18. The first-order chi connectivity index (χ1) is 10.7. The fourth-order valence-corrected chi connectivity index (χ4v) is 3.17. The number of hydrogen-bond donors (Lipinski definition) is 1. The van der Waals surface area contributed by atoms with Crippen LogP contribution in [0, 0.1) is 11.3 Å². The van der Waals surface area contributed by atoms with Crippen LogP contribution < -0.4 is 5.32 Å². The van der Waals surface area contributed by atoms with E-state index in [0.29, 0.717) is 34.9 Å². The summed E-state index contributed by atoms with van der Waals surface area (Å²) < 4.78 is 6.86. The molecular formula is C16H14ClN3O2. The number of benzene rings is 1. The summed E-state index contributed by atoms with van der Waals surface area (Å²) in [6.07, 6.45) is 0. The summed E-state index contributed by atoms with van der Waals surface area (Å²) in [4.78, 5) is 12.3. The van der Waals surface area contributed by atoms with Crippen LogP contribution in [-0.2, 0) is 17.8 Å². The Balaban J connectivity index is 2.28. The van der Waals surface area contributed by atoms with Crippen molar-refractivity contribution in [2.24, 2.45) is 0 Å². The molecule has 2 heterocycles. The Bertz CT molecular complexity index is 789. The van der Waals surface area contributed by atoms with E-state index in [9.17, 15) is 4.79 Å². The summed E-state index contributed by atoms with van der Waals surface area (Å²) in [5.41, 5.74) is 3.18. The molecule has 0 aliphatic carbocycles. The lowest BCUT2D eigenvalue weighted by Crippen LogP contribution is -2.29. The number of methoxy groups -OCH3 is 1. The zero-order valence-electron chi connectivity index (χ0n) is 12.0. The largest absolute Gasteiger partial charge is 0.465 e. The first-order valence-corrected chi connectivity index (χ1v) is 7.25. The van der Waals surface area contributed by atoms with Gasteiger partial charge >= 0.3 is 5.97 Å². The van der Waals surface area contributed by atoms with E-state index < -0.39 is 5.97 Å².